The number of carbonyl (C=O) groups is 3. The van der Waals surface area contributed by atoms with Crippen molar-refractivity contribution in [2.24, 2.45) is 0 Å². The third-order valence-electron chi connectivity index (χ3n) is 4.51. The number of hydrogen-bond donors (Lipinski definition) is 0. The maximum Gasteiger partial charge on any atom is 0.254 e. The second-order valence-electron chi connectivity index (χ2n) is 6.31. The minimum Gasteiger partial charge on any atom is -0.384 e. The zero-order chi connectivity index (χ0) is 19.1. The van der Waals surface area contributed by atoms with Gasteiger partial charge >= 0.3 is 0 Å². The first kappa shape index (κ1) is 19.7. The van der Waals surface area contributed by atoms with Crippen LogP contribution in [-0.4, -0.2) is 54.8 Å². The van der Waals surface area contributed by atoms with Crippen molar-refractivity contribution in [3.8, 4) is 11.8 Å². The van der Waals surface area contributed by atoms with Gasteiger partial charge in [0.15, 0.2) is 0 Å². The van der Waals surface area contributed by atoms with E-state index in [0.29, 0.717) is 38.0 Å². The lowest BCUT2D eigenvalue weighted by Crippen LogP contribution is -2.35. The molecule has 138 valence electrons. The van der Waals surface area contributed by atoms with Crippen molar-refractivity contribution in [3.05, 3.63) is 34.9 Å². The smallest absolute Gasteiger partial charge is 0.254 e. The highest BCUT2D eigenvalue weighted by Gasteiger charge is 2.32. The number of rotatable bonds is 7. The van der Waals surface area contributed by atoms with Crippen molar-refractivity contribution in [2.75, 3.05) is 20.8 Å². The van der Waals surface area contributed by atoms with Crippen LogP contribution >= 0.6 is 0 Å². The number of imide groups is 1. The predicted molar refractivity (Wildman–Crippen MR) is 97.2 cm³/mol. The van der Waals surface area contributed by atoms with Gasteiger partial charge in [-0.1, -0.05) is 17.9 Å². The number of ether oxygens (including phenoxy) is 1. The lowest BCUT2D eigenvalue weighted by molar-refractivity contribution is -0.136. The second-order valence-corrected chi connectivity index (χ2v) is 6.31. The fourth-order valence-electron chi connectivity index (χ4n) is 2.86. The van der Waals surface area contributed by atoms with E-state index in [1.54, 1.807) is 12.0 Å². The number of carbonyl (C=O) groups excluding carboxylic acids is 3. The van der Waals surface area contributed by atoms with Crippen LogP contribution in [0.3, 0.4) is 0 Å². The molecule has 3 amide bonds. The Balaban J connectivity index is 2.07. The number of amides is 3. The predicted octanol–water partition coefficient (Wildman–Crippen LogP) is 1.81. The molecule has 6 nitrogen and oxygen atoms in total. The van der Waals surface area contributed by atoms with Gasteiger partial charge in [0.25, 0.3) is 5.91 Å². The van der Waals surface area contributed by atoms with Crippen molar-refractivity contribution in [3.63, 3.8) is 0 Å². The molecule has 1 heterocycles. The maximum atomic E-state index is 12.7. The third kappa shape index (κ3) is 4.50. The molecule has 2 rings (SSSR count). The lowest BCUT2D eigenvalue weighted by atomic mass is 10.0. The summed E-state index contributed by atoms with van der Waals surface area (Å²) in [6.45, 7) is 2.98. The molecule has 26 heavy (non-hydrogen) atoms. The van der Waals surface area contributed by atoms with E-state index in [1.807, 2.05) is 25.1 Å². The van der Waals surface area contributed by atoms with E-state index in [1.165, 1.54) is 7.05 Å². The summed E-state index contributed by atoms with van der Waals surface area (Å²) in [6, 6.07) is 5.47. The van der Waals surface area contributed by atoms with Crippen LogP contribution < -0.4 is 0 Å². The van der Waals surface area contributed by atoms with Gasteiger partial charge in [-0.25, -0.2) is 0 Å². The minimum atomic E-state index is -0.249. The molecule has 0 N–H and O–H groups in total. The van der Waals surface area contributed by atoms with Crippen LogP contribution in [0.2, 0.25) is 0 Å². The summed E-state index contributed by atoms with van der Waals surface area (Å²) in [5.74, 6) is 5.90. The number of benzene rings is 1. The third-order valence-corrected chi connectivity index (χ3v) is 4.51. The normalized spacial score (nSPS) is 13.7. The fourth-order valence-corrected chi connectivity index (χ4v) is 2.86. The molecule has 1 aromatic carbocycles. The molecular weight excluding hydrogens is 332 g/mol. The first-order valence-electron chi connectivity index (χ1n) is 8.61. The van der Waals surface area contributed by atoms with Gasteiger partial charge in [0, 0.05) is 50.7 Å². The van der Waals surface area contributed by atoms with Crippen LogP contribution in [0.15, 0.2) is 18.2 Å². The van der Waals surface area contributed by atoms with Crippen molar-refractivity contribution in [1.82, 2.24) is 9.80 Å². The van der Waals surface area contributed by atoms with Gasteiger partial charge < -0.3 is 9.64 Å². The molecule has 0 spiro atoms. The zero-order valence-corrected chi connectivity index (χ0v) is 15.4. The topological polar surface area (TPSA) is 66.9 Å². The number of methoxy groups -OCH3 is 1. The first-order valence-corrected chi connectivity index (χ1v) is 8.61. The van der Waals surface area contributed by atoms with E-state index < -0.39 is 0 Å². The SMILES string of the molecule is COCCC#Cc1cccc2c1CN(C(C)CCC(=O)N(C)C=O)C2=O. The molecule has 1 aliphatic heterocycles. The van der Waals surface area contributed by atoms with E-state index >= 15 is 0 Å². The van der Waals surface area contributed by atoms with Crippen molar-refractivity contribution in [2.45, 2.75) is 38.8 Å². The Hall–Kier alpha value is -2.65. The summed E-state index contributed by atoms with van der Waals surface area (Å²) < 4.78 is 4.99. The highest BCUT2D eigenvalue weighted by molar-refractivity contribution is 5.99. The van der Waals surface area contributed by atoms with Gasteiger partial charge in [0.2, 0.25) is 12.3 Å². The quantitative estimate of drug-likeness (QED) is 0.425. The molecule has 6 heteroatoms. The number of hydrogen-bond acceptors (Lipinski definition) is 4. The maximum absolute atomic E-state index is 12.7. The van der Waals surface area contributed by atoms with Crippen LogP contribution in [0.25, 0.3) is 0 Å². The van der Waals surface area contributed by atoms with E-state index in [2.05, 4.69) is 11.8 Å². The Morgan fingerprint density at radius 1 is 1.46 bits per heavy atom. The molecule has 0 fully saturated rings. The molecular formula is C20H24N2O4. The standard InChI is InChI=1S/C20H24N2O4/c1-15(10-11-19(24)21(2)14-23)22-13-18-16(7-4-5-12-26-3)8-6-9-17(18)20(22)25/h6,8-9,14-15H,5,10-13H2,1-3H3. The Bertz CT molecular complexity index is 748. The van der Waals surface area contributed by atoms with E-state index in [4.69, 9.17) is 4.74 Å². The monoisotopic (exact) mass is 356 g/mol. The van der Waals surface area contributed by atoms with E-state index in [-0.39, 0.29) is 24.3 Å². The molecule has 0 radical (unpaired) electrons. The molecule has 0 bridgehead atoms. The zero-order valence-electron chi connectivity index (χ0n) is 15.4. The minimum absolute atomic E-state index is 0.0377. The lowest BCUT2D eigenvalue weighted by Gasteiger charge is -2.24. The summed E-state index contributed by atoms with van der Waals surface area (Å²) in [5.41, 5.74) is 2.47. The van der Waals surface area contributed by atoms with Crippen molar-refractivity contribution >= 4 is 18.2 Å². The van der Waals surface area contributed by atoms with Crippen LogP contribution in [0.4, 0.5) is 0 Å². The van der Waals surface area contributed by atoms with Gasteiger partial charge in [-0.3, -0.25) is 19.3 Å². The fraction of sp³-hybridized carbons (Fsp3) is 0.450. The summed E-state index contributed by atoms with van der Waals surface area (Å²) in [5, 5.41) is 0. The first-order chi connectivity index (χ1) is 12.5. The summed E-state index contributed by atoms with van der Waals surface area (Å²) >= 11 is 0. The Morgan fingerprint density at radius 2 is 2.23 bits per heavy atom. The number of fused-ring (bicyclic) bond motifs is 1. The van der Waals surface area contributed by atoms with Gasteiger partial charge in [-0.05, 0) is 31.0 Å². The Kier molecular flexibility index (Phi) is 6.93. The highest BCUT2D eigenvalue weighted by Crippen LogP contribution is 2.28. The van der Waals surface area contributed by atoms with Gasteiger partial charge in [-0.2, -0.15) is 0 Å². The number of nitrogens with zero attached hydrogens (tertiary/aromatic N) is 2. The van der Waals surface area contributed by atoms with Gasteiger partial charge in [0.05, 0.1) is 6.61 Å². The highest BCUT2D eigenvalue weighted by atomic mass is 16.5. The van der Waals surface area contributed by atoms with E-state index in [9.17, 15) is 14.4 Å². The van der Waals surface area contributed by atoms with E-state index in [0.717, 1.165) is 16.0 Å². The molecule has 1 aromatic rings. The van der Waals surface area contributed by atoms with Crippen LogP contribution in [0.1, 0.15) is 47.7 Å². The molecule has 0 saturated carbocycles. The average Bonchev–Trinajstić information content (AvgIpc) is 3.00. The second kappa shape index (κ2) is 9.16. The average molecular weight is 356 g/mol. The Labute approximate surface area is 154 Å². The molecule has 1 atom stereocenters. The van der Waals surface area contributed by atoms with Crippen LogP contribution in [-0.2, 0) is 20.9 Å². The summed E-state index contributed by atoms with van der Waals surface area (Å²) in [6.07, 6.45) is 1.87. The molecule has 1 aliphatic rings. The Morgan fingerprint density at radius 3 is 2.92 bits per heavy atom. The summed E-state index contributed by atoms with van der Waals surface area (Å²) in [7, 11) is 3.07. The van der Waals surface area contributed by atoms with Crippen molar-refractivity contribution in [1.29, 1.82) is 0 Å². The van der Waals surface area contributed by atoms with Gasteiger partial charge in [0.1, 0.15) is 0 Å². The molecule has 0 aromatic heterocycles. The van der Waals surface area contributed by atoms with Crippen LogP contribution in [0.5, 0.6) is 0 Å². The largest absolute Gasteiger partial charge is 0.384 e. The van der Waals surface area contributed by atoms with Crippen molar-refractivity contribution < 1.29 is 19.1 Å². The van der Waals surface area contributed by atoms with Gasteiger partial charge in [-0.15, -0.1) is 0 Å². The molecule has 0 aliphatic carbocycles. The molecule has 1 unspecified atom stereocenters. The summed E-state index contributed by atoms with van der Waals surface area (Å²) in [4.78, 5) is 37.9. The molecule has 0 saturated heterocycles. The van der Waals surface area contributed by atoms with Crippen LogP contribution in [0, 0.1) is 11.8 Å².